The maximum Gasteiger partial charge on any atom is 0.264 e. The van der Waals surface area contributed by atoms with Gasteiger partial charge in [0, 0.05) is 6.54 Å². The van der Waals surface area contributed by atoms with Gasteiger partial charge in [-0.15, -0.1) is 5.10 Å². The number of carbonyl (C=O) groups is 1. The van der Waals surface area contributed by atoms with Crippen molar-refractivity contribution in [2.24, 2.45) is 0 Å². The first kappa shape index (κ1) is 11.0. The third-order valence-corrected chi connectivity index (χ3v) is 2.22. The zero-order valence-electron chi connectivity index (χ0n) is 7.60. The molecule has 6 nitrogen and oxygen atoms in total. The molecule has 0 aliphatic rings. The lowest BCUT2D eigenvalue weighted by Crippen LogP contribution is -2.43. The van der Waals surface area contributed by atoms with E-state index in [-0.39, 0.29) is 12.5 Å². The molecule has 1 atom stereocenters. The van der Waals surface area contributed by atoms with Crippen molar-refractivity contribution < 1.29 is 15.0 Å². The molecule has 78 valence electrons. The van der Waals surface area contributed by atoms with Crippen LogP contribution < -0.4 is 5.32 Å². The molecule has 0 bridgehead atoms. The second-order valence-electron chi connectivity index (χ2n) is 3.12. The molecule has 1 aromatic rings. The van der Waals surface area contributed by atoms with Crippen molar-refractivity contribution >= 4 is 17.4 Å². The lowest BCUT2D eigenvalue weighted by Gasteiger charge is -2.19. The van der Waals surface area contributed by atoms with Crippen molar-refractivity contribution in [1.82, 2.24) is 14.9 Å². The number of hydrogen-bond donors (Lipinski definition) is 3. The topological polar surface area (TPSA) is 95.3 Å². The Morgan fingerprint density at radius 3 is 3.00 bits per heavy atom. The number of carbonyl (C=O) groups excluding carboxylic acids is 1. The van der Waals surface area contributed by atoms with Crippen LogP contribution >= 0.6 is 11.5 Å². The van der Waals surface area contributed by atoms with Gasteiger partial charge in [0.2, 0.25) is 0 Å². The lowest BCUT2D eigenvalue weighted by atomic mass is 10.1. The summed E-state index contributed by atoms with van der Waals surface area (Å²) in [5.74, 6) is -0.353. The largest absolute Gasteiger partial charge is 0.393 e. The molecule has 1 aromatic heterocycles. The highest BCUT2D eigenvalue weighted by Gasteiger charge is 2.20. The predicted octanol–water partition coefficient (Wildman–Crippen LogP) is -0.989. The highest BCUT2D eigenvalue weighted by Crippen LogP contribution is 2.03. The van der Waals surface area contributed by atoms with E-state index in [1.54, 1.807) is 0 Å². The SMILES string of the molecule is CC(O)(CO)CNC(=O)c1cnns1. The van der Waals surface area contributed by atoms with Crippen molar-refractivity contribution in [2.45, 2.75) is 12.5 Å². The normalized spacial score (nSPS) is 14.8. The first-order valence-corrected chi connectivity index (χ1v) is 4.71. The molecule has 0 aliphatic carbocycles. The summed E-state index contributed by atoms with van der Waals surface area (Å²) in [4.78, 5) is 11.7. The van der Waals surface area contributed by atoms with Crippen LogP contribution in [-0.4, -0.2) is 44.5 Å². The Morgan fingerprint density at radius 1 is 1.79 bits per heavy atom. The minimum absolute atomic E-state index is 0.0137. The lowest BCUT2D eigenvalue weighted by molar-refractivity contribution is 0.00323. The molecule has 7 heteroatoms. The minimum atomic E-state index is -1.30. The number of aromatic nitrogens is 2. The number of nitrogens with zero attached hydrogens (tertiary/aromatic N) is 2. The van der Waals surface area contributed by atoms with Crippen molar-refractivity contribution in [3.63, 3.8) is 0 Å². The average Bonchev–Trinajstić information content (AvgIpc) is 2.67. The molecule has 3 N–H and O–H groups in total. The van der Waals surface area contributed by atoms with E-state index in [9.17, 15) is 9.90 Å². The van der Waals surface area contributed by atoms with Crippen LogP contribution in [0.15, 0.2) is 6.20 Å². The van der Waals surface area contributed by atoms with Crippen molar-refractivity contribution in [3.05, 3.63) is 11.1 Å². The van der Waals surface area contributed by atoms with Crippen LogP contribution in [-0.2, 0) is 0 Å². The fourth-order valence-corrected chi connectivity index (χ4v) is 1.11. The number of amides is 1. The highest BCUT2D eigenvalue weighted by molar-refractivity contribution is 7.07. The van der Waals surface area contributed by atoms with Crippen LogP contribution in [0.4, 0.5) is 0 Å². The number of aliphatic hydroxyl groups excluding tert-OH is 1. The summed E-state index contributed by atoms with van der Waals surface area (Å²) in [6.45, 7) is 1.01. The quantitative estimate of drug-likeness (QED) is 0.602. The van der Waals surface area contributed by atoms with Crippen LogP contribution in [0.3, 0.4) is 0 Å². The molecule has 0 spiro atoms. The van der Waals surface area contributed by atoms with Gasteiger partial charge in [-0.3, -0.25) is 4.79 Å². The molecule has 1 amide bonds. The van der Waals surface area contributed by atoms with Gasteiger partial charge in [-0.2, -0.15) is 0 Å². The number of rotatable bonds is 4. The summed E-state index contributed by atoms with van der Waals surface area (Å²) in [6.07, 6.45) is 1.34. The number of hydrogen-bond acceptors (Lipinski definition) is 6. The molecule has 0 radical (unpaired) electrons. The second-order valence-corrected chi connectivity index (χ2v) is 3.91. The molecular weight excluding hydrogens is 206 g/mol. The first-order chi connectivity index (χ1) is 6.55. The van der Waals surface area contributed by atoms with E-state index in [0.717, 1.165) is 11.5 Å². The Morgan fingerprint density at radius 2 is 2.50 bits per heavy atom. The molecule has 0 saturated carbocycles. The number of nitrogens with one attached hydrogen (secondary N) is 1. The van der Waals surface area contributed by atoms with Gasteiger partial charge >= 0.3 is 0 Å². The first-order valence-electron chi connectivity index (χ1n) is 3.94. The standard InChI is InChI=1S/C7H11N3O3S/c1-7(13,4-11)3-8-6(12)5-2-9-10-14-5/h2,11,13H,3-4H2,1H3,(H,8,12). The van der Waals surface area contributed by atoms with Crippen LogP contribution in [0.25, 0.3) is 0 Å². The van der Waals surface area contributed by atoms with Crippen LogP contribution in [0.1, 0.15) is 16.6 Å². The zero-order chi connectivity index (χ0) is 10.6. The predicted molar refractivity (Wildman–Crippen MR) is 50.0 cm³/mol. The summed E-state index contributed by atoms with van der Waals surface area (Å²) in [5, 5.41) is 24.1. The third-order valence-electron chi connectivity index (χ3n) is 1.56. The van der Waals surface area contributed by atoms with Gasteiger partial charge in [-0.05, 0) is 18.5 Å². The molecular formula is C7H11N3O3S. The molecule has 0 aliphatic heterocycles. The Hall–Kier alpha value is -1.05. The zero-order valence-corrected chi connectivity index (χ0v) is 8.41. The van der Waals surface area contributed by atoms with E-state index in [1.807, 2.05) is 0 Å². The van der Waals surface area contributed by atoms with E-state index in [2.05, 4.69) is 14.9 Å². The average molecular weight is 217 g/mol. The van der Waals surface area contributed by atoms with E-state index < -0.39 is 12.2 Å². The third kappa shape index (κ3) is 3.02. The Balaban J connectivity index is 2.43. The van der Waals surface area contributed by atoms with Crippen molar-refractivity contribution in [3.8, 4) is 0 Å². The van der Waals surface area contributed by atoms with Crippen LogP contribution in [0.5, 0.6) is 0 Å². The molecule has 14 heavy (non-hydrogen) atoms. The summed E-state index contributed by atoms with van der Waals surface area (Å²) in [7, 11) is 0. The van der Waals surface area contributed by atoms with Gasteiger partial charge in [0.1, 0.15) is 10.5 Å². The summed E-state index contributed by atoms with van der Waals surface area (Å²) >= 11 is 0.972. The van der Waals surface area contributed by atoms with E-state index in [1.165, 1.54) is 13.1 Å². The molecule has 1 unspecified atom stereocenters. The summed E-state index contributed by atoms with van der Waals surface area (Å²) in [6, 6.07) is 0. The monoisotopic (exact) mass is 217 g/mol. The van der Waals surface area contributed by atoms with Crippen molar-refractivity contribution in [1.29, 1.82) is 0 Å². The van der Waals surface area contributed by atoms with Crippen LogP contribution in [0, 0.1) is 0 Å². The van der Waals surface area contributed by atoms with Crippen molar-refractivity contribution in [2.75, 3.05) is 13.2 Å². The minimum Gasteiger partial charge on any atom is -0.393 e. The van der Waals surface area contributed by atoms with Crippen LogP contribution in [0.2, 0.25) is 0 Å². The summed E-state index contributed by atoms with van der Waals surface area (Å²) < 4.78 is 3.53. The maximum absolute atomic E-state index is 11.3. The molecule has 0 fully saturated rings. The van der Waals surface area contributed by atoms with E-state index >= 15 is 0 Å². The fourth-order valence-electron chi connectivity index (χ4n) is 0.681. The fraction of sp³-hybridized carbons (Fsp3) is 0.571. The Kier molecular flexibility index (Phi) is 3.50. The molecule has 1 rings (SSSR count). The molecule has 1 heterocycles. The van der Waals surface area contributed by atoms with E-state index in [4.69, 9.17) is 5.11 Å². The maximum atomic E-state index is 11.3. The van der Waals surface area contributed by atoms with Gasteiger partial charge in [0.15, 0.2) is 0 Å². The van der Waals surface area contributed by atoms with Gasteiger partial charge in [0.25, 0.3) is 5.91 Å². The second kappa shape index (κ2) is 4.45. The van der Waals surface area contributed by atoms with E-state index in [0.29, 0.717) is 4.88 Å². The van der Waals surface area contributed by atoms with Gasteiger partial charge < -0.3 is 15.5 Å². The highest BCUT2D eigenvalue weighted by atomic mass is 32.1. The van der Waals surface area contributed by atoms with Gasteiger partial charge in [-0.25, -0.2) is 0 Å². The smallest absolute Gasteiger partial charge is 0.264 e. The van der Waals surface area contributed by atoms with Gasteiger partial charge in [-0.1, -0.05) is 4.49 Å². The summed E-state index contributed by atoms with van der Waals surface area (Å²) in [5.41, 5.74) is -1.30. The molecule has 0 saturated heterocycles. The van der Waals surface area contributed by atoms with Gasteiger partial charge in [0.05, 0.1) is 12.8 Å². The number of aliphatic hydroxyl groups is 2. The Labute approximate surface area is 84.7 Å². The molecule has 0 aromatic carbocycles. The Bertz CT molecular complexity index is 299.